The zero-order valence-electron chi connectivity index (χ0n) is 18.0. The lowest BCUT2D eigenvalue weighted by Crippen LogP contribution is -2.50. The third-order valence-electron chi connectivity index (χ3n) is 7.00. The average Bonchev–Trinajstić information content (AvgIpc) is 3.31. The summed E-state index contributed by atoms with van der Waals surface area (Å²) in [6, 6.07) is 5.11. The van der Waals surface area contributed by atoms with Crippen LogP contribution in [-0.2, 0) is 0 Å². The van der Waals surface area contributed by atoms with Crippen LogP contribution >= 0.6 is 0 Å². The molecular formula is C23H36N4O. The van der Waals surface area contributed by atoms with Crippen LogP contribution < -0.4 is 10.2 Å². The minimum absolute atomic E-state index is 0.0309. The van der Waals surface area contributed by atoms with Gasteiger partial charge in [-0.1, -0.05) is 20.8 Å². The molecule has 2 atom stereocenters. The topological polar surface area (TPSA) is 48.5 Å². The predicted octanol–water partition coefficient (Wildman–Crippen LogP) is 3.62. The molecule has 0 aromatic carbocycles. The van der Waals surface area contributed by atoms with Crippen LogP contribution in [0.25, 0.3) is 0 Å². The molecule has 1 aromatic rings. The number of aryl methyl sites for hydroxylation is 1. The number of aromatic nitrogens is 1. The normalized spacial score (nSPS) is 26.5. The number of nitrogens with zero attached hydrogens (tertiary/aromatic N) is 3. The van der Waals surface area contributed by atoms with Crippen molar-refractivity contribution in [2.24, 2.45) is 11.3 Å². The summed E-state index contributed by atoms with van der Waals surface area (Å²) in [6.45, 7) is 13.6. The Hall–Kier alpha value is -1.62. The number of carbonyl (C=O) groups excluding carboxylic acids is 1. The second-order valence-corrected chi connectivity index (χ2v) is 10.1. The van der Waals surface area contributed by atoms with Gasteiger partial charge in [-0.05, 0) is 62.5 Å². The van der Waals surface area contributed by atoms with Crippen LogP contribution in [0.3, 0.4) is 0 Å². The molecule has 28 heavy (non-hydrogen) atoms. The van der Waals surface area contributed by atoms with Gasteiger partial charge in [0.05, 0.1) is 11.4 Å². The summed E-state index contributed by atoms with van der Waals surface area (Å²) < 4.78 is 0. The maximum Gasteiger partial charge on any atom is 0.270 e. The SMILES string of the molecule is Cc1nc(C(=O)NC2CC2)ccc1N1CCN(C2CCC(C(C)(C)C)C2)CC1. The summed E-state index contributed by atoms with van der Waals surface area (Å²) in [5.41, 5.74) is 3.13. The maximum atomic E-state index is 12.2. The maximum absolute atomic E-state index is 12.2. The standard InChI is InChI=1S/C23H36N4O/c1-16-21(10-9-20(24-16)22(28)25-18-6-7-18)27-13-11-26(12-14-27)19-8-5-17(15-19)23(2,3)4/h9-10,17-19H,5-8,11-15H2,1-4H3,(H,25,28). The van der Waals surface area contributed by atoms with Crippen molar-refractivity contribution in [1.29, 1.82) is 0 Å². The zero-order chi connectivity index (χ0) is 19.9. The Morgan fingerprint density at radius 1 is 1.07 bits per heavy atom. The lowest BCUT2D eigenvalue weighted by atomic mass is 9.79. The highest BCUT2D eigenvalue weighted by Gasteiger charge is 2.36. The van der Waals surface area contributed by atoms with Gasteiger partial charge in [0, 0.05) is 38.3 Å². The lowest BCUT2D eigenvalue weighted by Gasteiger charge is -2.40. The first-order valence-corrected chi connectivity index (χ1v) is 11.1. The molecule has 2 aliphatic carbocycles. The Kier molecular flexibility index (Phi) is 5.38. The van der Waals surface area contributed by atoms with Gasteiger partial charge in [-0.2, -0.15) is 0 Å². The second kappa shape index (κ2) is 7.66. The van der Waals surface area contributed by atoms with Crippen LogP contribution in [0.1, 0.15) is 69.1 Å². The molecule has 1 saturated heterocycles. The van der Waals surface area contributed by atoms with E-state index in [2.05, 4.69) is 46.9 Å². The summed E-state index contributed by atoms with van der Waals surface area (Å²) in [5.74, 6) is 0.827. The highest BCUT2D eigenvalue weighted by molar-refractivity contribution is 5.93. The summed E-state index contributed by atoms with van der Waals surface area (Å²) in [4.78, 5) is 22.0. The third-order valence-corrected chi connectivity index (χ3v) is 7.00. The average molecular weight is 385 g/mol. The largest absolute Gasteiger partial charge is 0.368 e. The van der Waals surface area contributed by atoms with E-state index < -0.39 is 0 Å². The van der Waals surface area contributed by atoms with Gasteiger partial charge >= 0.3 is 0 Å². The molecule has 1 aromatic heterocycles. The fraction of sp³-hybridized carbons (Fsp3) is 0.739. The smallest absolute Gasteiger partial charge is 0.270 e. The van der Waals surface area contributed by atoms with Crippen molar-refractivity contribution < 1.29 is 4.79 Å². The molecule has 2 saturated carbocycles. The minimum Gasteiger partial charge on any atom is -0.368 e. The number of anilines is 1. The van der Waals surface area contributed by atoms with Gasteiger partial charge in [-0.15, -0.1) is 0 Å². The van der Waals surface area contributed by atoms with Gasteiger partial charge in [0.1, 0.15) is 5.69 Å². The van der Waals surface area contributed by atoms with Crippen LogP contribution in [0.5, 0.6) is 0 Å². The number of hydrogen-bond acceptors (Lipinski definition) is 4. The van der Waals surface area contributed by atoms with E-state index in [-0.39, 0.29) is 5.91 Å². The highest BCUT2D eigenvalue weighted by Crippen LogP contribution is 2.41. The van der Waals surface area contributed by atoms with Crippen molar-refractivity contribution in [2.75, 3.05) is 31.1 Å². The van der Waals surface area contributed by atoms with E-state index in [1.807, 2.05) is 13.0 Å². The predicted molar refractivity (Wildman–Crippen MR) is 114 cm³/mol. The molecule has 154 valence electrons. The van der Waals surface area contributed by atoms with Crippen LogP contribution in [-0.4, -0.2) is 54.1 Å². The number of hydrogen-bond donors (Lipinski definition) is 1. The summed E-state index contributed by atoms with van der Waals surface area (Å²) >= 11 is 0. The van der Waals surface area contributed by atoms with Crippen molar-refractivity contribution in [3.63, 3.8) is 0 Å². The Labute approximate surface area is 169 Å². The third kappa shape index (κ3) is 4.35. The first-order chi connectivity index (χ1) is 13.3. The molecule has 1 amide bonds. The van der Waals surface area contributed by atoms with Gasteiger partial charge in [0.15, 0.2) is 0 Å². The Morgan fingerprint density at radius 3 is 2.36 bits per heavy atom. The van der Waals surface area contributed by atoms with E-state index in [0.717, 1.165) is 56.7 Å². The Balaban J connectivity index is 1.33. The summed E-state index contributed by atoms with van der Waals surface area (Å²) in [7, 11) is 0. The van der Waals surface area contributed by atoms with E-state index in [0.29, 0.717) is 17.2 Å². The van der Waals surface area contributed by atoms with E-state index in [4.69, 9.17) is 0 Å². The first kappa shape index (κ1) is 19.7. The molecule has 1 N–H and O–H groups in total. The molecular weight excluding hydrogens is 348 g/mol. The van der Waals surface area contributed by atoms with Crippen LogP contribution in [0.2, 0.25) is 0 Å². The molecule has 3 fully saturated rings. The molecule has 3 aliphatic rings. The number of amides is 1. The fourth-order valence-electron chi connectivity index (χ4n) is 4.91. The van der Waals surface area contributed by atoms with Crippen molar-refractivity contribution in [1.82, 2.24) is 15.2 Å². The van der Waals surface area contributed by atoms with Crippen LogP contribution in [0.15, 0.2) is 12.1 Å². The van der Waals surface area contributed by atoms with E-state index in [9.17, 15) is 4.79 Å². The van der Waals surface area contributed by atoms with Crippen molar-refractivity contribution in [3.8, 4) is 0 Å². The first-order valence-electron chi connectivity index (χ1n) is 11.1. The Morgan fingerprint density at radius 2 is 1.79 bits per heavy atom. The molecule has 0 spiro atoms. The number of rotatable bonds is 4. The van der Waals surface area contributed by atoms with Gasteiger partial charge < -0.3 is 10.2 Å². The molecule has 2 heterocycles. The highest BCUT2D eigenvalue weighted by atomic mass is 16.2. The van der Waals surface area contributed by atoms with Gasteiger partial charge in [0.2, 0.25) is 0 Å². The van der Waals surface area contributed by atoms with Crippen molar-refractivity contribution >= 4 is 11.6 Å². The van der Waals surface area contributed by atoms with E-state index in [1.54, 1.807) is 0 Å². The summed E-state index contributed by atoms with van der Waals surface area (Å²) in [6.07, 6.45) is 6.29. The number of nitrogens with one attached hydrogen (secondary N) is 1. The number of carbonyl (C=O) groups is 1. The molecule has 0 radical (unpaired) electrons. The van der Waals surface area contributed by atoms with Crippen molar-refractivity contribution in [2.45, 2.75) is 71.9 Å². The summed E-state index contributed by atoms with van der Waals surface area (Å²) in [5, 5.41) is 3.03. The van der Waals surface area contributed by atoms with Gasteiger partial charge in [-0.25, -0.2) is 4.98 Å². The van der Waals surface area contributed by atoms with E-state index >= 15 is 0 Å². The molecule has 5 heteroatoms. The van der Waals surface area contributed by atoms with Crippen LogP contribution in [0, 0.1) is 18.3 Å². The molecule has 2 unspecified atom stereocenters. The monoisotopic (exact) mass is 384 g/mol. The number of pyridine rings is 1. The fourth-order valence-corrected chi connectivity index (χ4v) is 4.91. The van der Waals surface area contributed by atoms with Gasteiger partial charge in [-0.3, -0.25) is 9.69 Å². The molecule has 1 aliphatic heterocycles. The van der Waals surface area contributed by atoms with Crippen molar-refractivity contribution in [3.05, 3.63) is 23.5 Å². The Bertz CT molecular complexity index is 714. The van der Waals surface area contributed by atoms with E-state index in [1.165, 1.54) is 24.9 Å². The molecule has 4 rings (SSSR count). The second-order valence-electron chi connectivity index (χ2n) is 10.1. The quantitative estimate of drug-likeness (QED) is 0.861. The molecule has 5 nitrogen and oxygen atoms in total. The van der Waals surface area contributed by atoms with Gasteiger partial charge in [0.25, 0.3) is 5.91 Å². The molecule has 0 bridgehead atoms. The lowest BCUT2D eigenvalue weighted by molar-refractivity contribution is 0.0946. The van der Waals surface area contributed by atoms with Crippen LogP contribution in [0.4, 0.5) is 5.69 Å². The minimum atomic E-state index is -0.0309. The zero-order valence-corrected chi connectivity index (χ0v) is 18.0. The number of piperazine rings is 1.